The number of hydrogen-bond acceptors (Lipinski definition) is 1. The van der Waals surface area contributed by atoms with Gasteiger partial charge in [0.05, 0.1) is 6.10 Å². The van der Waals surface area contributed by atoms with Crippen molar-refractivity contribution < 1.29 is 4.74 Å². The Morgan fingerprint density at radius 1 is 1.45 bits per heavy atom. The molecule has 0 aromatic heterocycles. The number of halogens is 1. The first kappa shape index (κ1) is 6.21. The molecule has 1 saturated heterocycles. The minimum absolute atomic E-state index is 0.443. The molecule has 1 aliphatic heterocycles. The zero-order valence-corrected chi connectivity index (χ0v) is 7.47. The maximum Gasteiger partial charge on any atom is 0.110 e. The van der Waals surface area contributed by atoms with Crippen molar-refractivity contribution in [2.45, 2.75) is 18.6 Å². The molecule has 1 fully saturated rings. The van der Waals surface area contributed by atoms with Crippen LogP contribution in [-0.2, 0) is 11.2 Å². The van der Waals surface area contributed by atoms with E-state index in [1.54, 1.807) is 0 Å². The van der Waals surface area contributed by atoms with Gasteiger partial charge in [-0.1, -0.05) is 22.0 Å². The van der Waals surface area contributed by atoms with Crippen LogP contribution in [0.2, 0.25) is 0 Å². The summed E-state index contributed by atoms with van der Waals surface area (Å²) < 4.78 is 6.58. The fraction of sp³-hybridized carbons (Fsp3) is 0.333. The van der Waals surface area contributed by atoms with E-state index in [1.165, 1.54) is 15.6 Å². The molecule has 2 atom stereocenters. The van der Waals surface area contributed by atoms with E-state index in [0.717, 1.165) is 6.42 Å². The molecule has 0 spiro atoms. The second-order valence-corrected chi connectivity index (χ2v) is 4.06. The van der Waals surface area contributed by atoms with Crippen molar-refractivity contribution in [2.24, 2.45) is 0 Å². The Balaban J connectivity index is 2.18. The van der Waals surface area contributed by atoms with Crippen LogP contribution < -0.4 is 0 Å². The molecular weight excluding hydrogens is 204 g/mol. The normalized spacial score (nSPS) is 31.4. The van der Waals surface area contributed by atoms with Crippen LogP contribution in [0.3, 0.4) is 0 Å². The number of ether oxygens (including phenoxy) is 1. The zero-order valence-electron chi connectivity index (χ0n) is 5.88. The Hall–Kier alpha value is -0.340. The Morgan fingerprint density at radius 2 is 2.36 bits per heavy atom. The lowest BCUT2D eigenvalue weighted by Crippen LogP contribution is -1.87. The molecular formula is C9H7BrO. The molecule has 56 valence electrons. The third-order valence-electron chi connectivity index (χ3n) is 2.42. The Kier molecular flexibility index (Phi) is 1.06. The lowest BCUT2D eigenvalue weighted by Gasteiger charge is -2.00. The molecule has 0 saturated carbocycles. The highest BCUT2D eigenvalue weighted by atomic mass is 79.9. The van der Waals surface area contributed by atoms with Crippen molar-refractivity contribution in [2.75, 3.05) is 0 Å². The van der Waals surface area contributed by atoms with E-state index >= 15 is 0 Å². The van der Waals surface area contributed by atoms with E-state index in [-0.39, 0.29) is 0 Å². The predicted octanol–water partition coefficient (Wildman–Crippen LogP) is 2.45. The molecule has 11 heavy (non-hydrogen) atoms. The number of rotatable bonds is 0. The van der Waals surface area contributed by atoms with Gasteiger partial charge in [0.15, 0.2) is 0 Å². The fourth-order valence-corrected chi connectivity index (χ4v) is 2.23. The van der Waals surface area contributed by atoms with Crippen molar-refractivity contribution in [3.8, 4) is 0 Å². The molecule has 0 amide bonds. The lowest BCUT2D eigenvalue weighted by atomic mass is 10.1. The highest BCUT2D eigenvalue weighted by Crippen LogP contribution is 2.48. The number of benzene rings is 1. The minimum atomic E-state index is 0.443. The van der Waals surface area contributed by atoms with Crippen LogP contribution in [-0.4, -0.2) is 6.10 Å². The summed E-state index contributed by atoms with van der Waals surface area (Å²) in [6.07, 6.45) is 2.07. The predicted molar refractivity (Wildman–Crippen MR) is 45.5 cm³/mol. The second-order valence-electron chi connectivity index (χ2n) is 3.14. The number of fused-ring (bicyclic) bond motifs is 3. The summed E-state index contributed by atoms with van der Waals surface area (Å²) in [6.45, 7) is 0. The molecule has 1 heterocycles. The van der Waals surface area contributed by atoms with Crippen LogP contribution in [0, 0.1) is 0 Å². The van der Waals surface area contributed by atoms with E-state index in [1.807, 2.05) is 0 Å². The molecule has 2 heteroatoms. The fourth-order valence-electron chi connectivity index (χ4n) is 1.82. The van der Waals surface area contributed by atoms with Gasteiger partial charge in [-0.25, -0.2) is 0 Å². The summed E-state index contributed by atoms with van der Waals surface area (Å²) in [4.78, 5) is 0. The van der Waals surface area contributed by atoms with Gasteiger partial charge >= 0.3 is 0 Å². The molecule has 0 radical (unpaired) electrons. The maximum atomic E-state index is 5.40. The first-order valence-electron chi connectivity index (χ1n) is 3.78. The first-order valence-corrected chi connectivity index (χ1v) is 4.58. The molecule has 1 aliphatic carbocycles. The summed E-state index contributed by atoms with van der Waals surface area (Å²) in [7, 11) is 0. The van der Waals surface area contributed by atoms with Gasteiger partial charge in [-0.2, -0.15) is 0 Å². The van der Waals surface area contributed by atoms with Crippen LogP contribution in [0.1, 0.15) is 17.2 Å². The smallest absolute Gasteiger partial charge is 0.110 e. The van der Waals surface area contributed by atoms with Crippen LogP contribution in [0.5, 0.6) is 0 Å². The SMILES string of the molecule is Brc1ccc2c(c1)C[C@H]1OC21. The molecule has 1 unspecified atom stereocenters. The van der Waals surface area contributed by atoms with Crippen molar-refractivity contribution in [1.82, 2.24) is 0 Å². The van der Waals surface area contributed by atoms with E-state index in [4.69, 9.17) is 4.74 Å². The topological polar surface area (TPSA) is 12.5 Å². The Bertz CT molecular complexity index is 321. The van der Waals surface area contributed by atoms with Gasteiger partial charge in [-0.05, 0) is 23.3 Å². The van der Waals surface area contributed by atoms with Crippen LogP contribution in [0.4, 0.5) is 0 Å². The Labute approximate surface area is 73.5 Å². The average molecular weight is 211 g/mol. The molecule has 0 N–H and O–H groups in total. The molecule has 2 aliphatic rings. The largest absolute Gasteiger partial charge is 0.364 e. The number of epoxide rings is 1. The highest BCUT2D eigenvalue weighted by molar-refractivity contribution is 9.10. The molecule has 1 aromatic carbocycles. The summed E-state index contributed by atoms with van der Waals surface area (Å²) in [6, 6.07) is 6.45. The summed E-state index contributed by atoms with van der Waals surface area (Å²) in [5.74, 6) is 0. The van der Waals surface area contributed by atoms with Crippen molar-refractivity contribution >= 4 is 15.9 Å². The van der Waals surface area contributed by atoms with Gasteiger partial charge in [0, 0.05) is 10.9 Å². The third-order valence-corrected chi connectivity index (χ3v) is 2.91. The van der Waals surface area contributed by atoms with Gasteiger partial charge in [0.2, 0.25) is 0 Å². The van der Waals surface area contributed by atoms with E-state index in [2.05, 4.69) is 34.1 Å². The number of hydrogen-bond donors (Lipinski definition) is 0. The summed E-state index contributed by atoms with van der Waals surface area (Å²) >= 11 is 3.46. The first-order chi connectivity index (χ1) is 5.34. The molecule has 0 bridgehead atoms. The van der Waals surface area contributed by atoms with E-state index in [0.29, 0.717) is 12.2 Å². The van der Waals surface area contributed by atoms with Gasteiger partial charge in [0.1, 0.15) is 6.10 Å². The minimum Gasteiger partial charge on any atom is -0.364 e. The molecule has 1 aromatic rings. The summed E-state index contributed by atoms with van der Waals surface area (Å²) in [5, 5.41) is 0. The second kappa shape index (κ2) is 1.87. The molecule has 3 rings (SSSR count). The maximum absolute atomic E-state index is 5.40. The highest BCUT2D eigenvalue weighted by Gasteiger charge is 2.46. The molecule has 1 nitrogen and oxygen atoms in total. The monoisotopic (exact) mass is 210 g/mol. The quantitative estimate of drug-likeness (QED) is 0.600. The van der Waals surface area contributed by atoms with Gasteiger partial charge < -0.3 is 4.74 Å². The van der Waals surface area contributed by atoms with E-state index in [9.17, 15) is 0 Å². The zero-order chi connectivity index (χ0) is 7.42. The van der Waals surface area contributed by atoms with Crippen molar-refractivity contribution in [3.63, 3.8) is 0 Å². The standard InChI is InChI=1S/C9H7BrO/c10-6-1-2-7-5(3-6)4-8-9(7)11-8/h1-3,8-9H,4H2/t8-,9?/m1/s1. The van der Waals surface area contributed by atoms with Crippen molar-refractivity contribution in [3.05, 3.63) is 33.8 Å². The average Bonchev–Trinajstić information content (AvgIpc) is 2.63. The van der Waals surface area contributed by atoms with E-state index < -0.39 is 0 Å². The van der Waals surface area contributed by atoms with Crippen LogP contribution in [0.25, 0.3) is 0 Å². The van der Waals surface area contributed by atoms with Gasteiger partial charge in [-0.3, -0.25) is 0 Å². The third kappa shape index (κ3) is 0.797. The van der Waals surface area contributed by atoms with Gasteiger partial charge in [0.25, 0.3) is 0 Å². The Morgan fingerprint density at radius 3 is 3.27 bits per heavy atom. The van der Waals surface area contributed by atoms with Crippen molar-refractivity contribution in [1.29, 1.82) is 0 Å². The van der Waals surface area contributed by atoms with Crippen LogP contribution in [0.15, 0.2) is 22.7 Å². The summed E-state index contributed by atoms with van der Waals surface area (Å²) in [5.41, 5.74) is 2.86. The van der Waals surface area contributed by atoms with Gasteiger partial charge in [-0.15, -0.1) is 0 Å². The van der Waals surface area contributed by atoms with Crippen LogP contribution >= 0.6 is 15.9 Å². The lowest BCUT2D eigenvalue weighted by molar-refractivity contribution is 0.361.